The molecule has 3 N–H and O–H groups in total. The van der Waals surface area contributed by atoms with Gasteiger partial charge in [0, 0.05) is 80.0 Å². The van der Waals surface area contributed by atoms with Crippen LogP contribution in [0.1, 0.15) is 98.5 Å². The fourth-order valence-electron chi connectivity index (χ4n) is 12.7. The molecule has 15 nitrogen and oxygen atoms in total. The lowest BCUT2D eigenvalue weighted by atomic mass is 9.85. The third-order valence-electron chi connectivity index (χ3n) is 17.2. The average molecular weight is 1270 g/mol. The zero-order chi connectivity index (χ0) is 64.1. The lowest BCUT2D eigenvalue weighted by Crippen LogP contribution is -2.28. The summed E-state index contributed by atoms with van der Waals surface area (Å²) in [5.41, 5.74) is 10.7. The van der Waals surface area contributed by atoms with Crippen LogP contribution in [-0.4, -0.2) is 89.4 Å². The van der Waals surface area contributed by atoms with E-state index in [1.165, 1.54) is 54.6 Å². The number of benzene rings is 6. The van der Waals surface area contributed by atoms with Gasteiger partial charge in [-0.25, -0.2) is 47.2 Å². The fraction of sp³-hybridized carbons (Fsp3) is 0.308. The Kier molecular flexibility index (Phi) is 16.3. The molecule has 462 valence electrons. The van der Waals surface area contributed by atoms with Crippen LogP contribution < -0.4 is 0 Å². The van der Waals surface area contributed by atoms with Gasteiger partial charge in [-0.2, -0.15) is 0 Å². The third kappa shape index (κ3) is 11.9. The van der Waals surface area contributed by atoms with E-state index in [0.29, 0.717) is 84.1 Å². The van der Waals surface area contributed by atoms with E-state index in [-0.39, 0.29) is 54.1 Å². The van der Waals surface area contributed by atoms with Gasteiger partial charge in [0.25, 0.3) is 5.92 Å². The summed E-state index contributed by atoms with van der Waals surface area (Å²) >= 11 is 0. The Morgan fingerprint density at radius 3 is 1.36 bits per heavy atom. The van der Waals surface area contributed by atoms with E-state index >= 15 is 0 Å². The van der Waals surface area contributed by atoms with Gasteiger partial charge in [-0.3, -0.25) is 14.4 Å². The Morgan fingerprint density at radius 1 is 0.489 bits per heavy atom. The van der Waals surface area contributed by atoms with Crippen LogP contribution in [0.25, 0.3) is 32.7 Å². The number of carboxylic acids is 3. The number of aliphatic carboxylic acids is 3. The van der Waals surface area contributed by atoms with Crippen LogP contribution in [0.2, 0.25) is 0 Å². The Hall–Kier alpha value is -8.15. The van der Waals surface area contributed by atoms with Gasteiger partial charge < -0.3 is 29.0 Å². The highest BCUT2D eigenvalue weighted by atomic mass is 32.2. The predicted molar refractivity (Wildman–Crippen MR) is 321 cm³/mol. The number of hydrogen-bond donors (Lipinski definition) is 3. The minimum absolute atomic E-state index is 0.0843. The van der Waals surface area contributed by atoms with Crippen LogP contribution in [0, 0.1) is 52.1 Å². The maximum atomic E-state index is 14.5. The fourth-order valence-corrected chi connectivity index (χ4v) is 18.2. The predicted octanol–water partition coefficient (Wildman–Crippen LogP) is 11.6. The Morgan fingerprint density at radius 2 is 0.909 bits per heavy atom. The second-order valence-electron chi connectivity index (χ2n) is 23.6. The molecule has 6 aromatic carbocycles. The summed E-state index contributed by atoms with van der Waals surface area (Å²) in [4.78, 5) is 34.3. The molecule has 3 aliphatic rings. The highest BCUT2D eigenvalue weighted by Crippen LogP contribution is 2.44. The number of carboxylic acid groups (broad SMARTS) is 3. The van der Waals surface area contributed by atoms with Crippen LogP contribution in [0.5, 0.6) is 0 Å². The molecule has 0 spiro atoms. The molecule has 6 heterocycles. The summed E-state index contributed by atoms with van der Waals surface area (Å²) in [6.45, 7) is 12.0. The van der Waals surface area contributed by atoms with Crippen molar-refractivity contribution < 1.29 is 76.9 Å². The largest absolute Gasteiger partial charge is 0.480 e. The number of nitrogens with zero attached hydrogens (tertiary/aromatic N) is 3. The van der Waals surface area contributed by atoms with E-state index in [0.717, 1.165) is 50.3 Å². The lowest BCUT2D eigenvalue weighted by molar-refractivity contribution is -0.138. The van der Waals surface area contributed by atoms with E-state index in [9.17, 15) is 76.9 Å². The van der Waals surface area contributed by atoms with Gasteiger partial charge in [0.1, 0.15) is 37.1 Å². The van der Waals surface area contributed by atoms with Crippen molar-refractivity contribution in [2.24, 2.45) is 0 Å². The van der Waals surface area contributed by atoms with Gasteiger partial charge in [-0.1, -0.05) is 32.0 Å². The van der Waals surface area contributed by atoms with Crippen molar-refractivity contribution >= 4 is 80.1 Å². The van der Waals surface area contributed by atoms with E-state index in [4.69, 9.17) is 0 Å². The van der Waals surface area contributed by atoms with Gasteiger partial charge in [0.15, 0.2) is 29.5 Å². The van der Waals surface area contributed by atoms with Crippen molar-refractivity contribution in [1.82, 2.24) is 13.7 Å². The molecule has 0 unspecified atom stereocenters. The number of aryl methyl sites for hydroxylation is 3. The average Bonchev–Trinajstić information content (AvgIpc) is 1.35. The standard InChI is InChI=1S/C22H20F3NO4S.C22H22FNO4S.C21H20FNO4S/c1-12-7-20-18(22(24,25)5-6-31(20,29)30)9-14(12)8-16-13(2)26(11-21(27)28)19-4-3-15(23)10-17(16)19;1-13-16(17-10-15(23)5-6-19(17)24(13)11-21(25)26)8-14-4-7-20-18(9-14)22(2,3)12-29(20,27)28;1-12-7-20-14(5-6-28(20,26)27)8-15(12)9-17-13(2)23(11-21(24)25)19-4-3-16(22)10-18(17)19/h3-4,7,9-10H,5-6,8,11H2,1-2H3,(H,27,28);4-7,9-10H,8,11-12H2,1-3H3,(H,25,26);3-4,7-8,10H,5-6,9,11H2,1-2H3,(H,24,25). The Bertz CT molecular complexity index is 4810. The molecule has 3 aromatic heterocycles. The van der Waals surface area contributed by atoms with Crippen LogP contribution in [0.4, 0.5) is 22.0 Å². The highest BCUT2D eigenvalue weighted by Gasteiger charge is 2.44. The van der Waals surface area contributed by atoms with Gasteiger partial charge >= 0.3 is 17.9 Å². The first kappa shape index (κ1) is 62.9. The molecule has 23 heteroatoms. The Balaban J connectivity index is 0.000000146. The monoisotopic (exact) mass is 1270 g/mol. The molecule has 0 fully saturated rings. The zero-order valence-electron chi connectivity index (χ0n) is 49.0. The van der Waals surface area contributed by atoms with Gasteiger partial charge in [-0.15, -0.1) is 0 Å². The van der Waals surface area contributed by atoms with E-state index in [2.05, 4.69) is 0 Å². The molecule has 0 saturated heterocycles. The molecule has 12 rings (SSSR count). The molecule has 0 amide bonds. The number of hydrogen-bond acceptors (Lipinski definition) is 9. The number of aromatic nitrogens is 3. The van der Waals surface area contributed by atoms with Crippen LogP contribution >= 0.6 is 0 Å². The van der Waals surface area contributed by atoms with Crippen LogP contribution in [0.3, 0.4) is 0 Å². The van der Waals surface area contributed by atoms with Crippen molar-refractivity contribution in [3.8, 4) is 0 Å². The quantitative estimate of drug-likeness (QED) is 0.0970. The summed E-state index contributed by atoms with van der Waals surface area (Å²) in [6, 6.07) is 24.2. The maximum absolute atomic E-state index is 14.5. The number of alkyl halides is 2. The first-order valence-corrected chi connectivity index (χ1v) is 33.0. The Labute approximate surface area is 504 Å². The first-order chi connectivity index (χ1) is 41.1. The summed E-state index contributed by atoms with van der Waals surface area (Å²) < 4.78 is 150. The summed E-state index contributed by atoms with van der Waals surface area (Å²) in [5.74, 6) is -7.90. The molecule has 0 radical (unpaired) electrons. The topological polar surface area (TPSA) is 229 Å². The molecule has 3 aliphatic heterocycles. The number of halogens is 5. The zero-order valence-corrected chi connectivity index (χ0v) is 51.4. The molecule has 0 bridgehead atoms. The first-order valence-electron chi connectivity index (χ1n) is 28.0. The van der Waals surface area contributed by atoms with E-state index in [1.54, 1.807) is 57.9 Å². The third-order valence-corrected chi connectivity index (χ3v) is 22.9. The van der Waals surface area contributed by atoms with E-state index < -0.39 is 82.3 Å². The normalized spacial score (nSPS) is 16.3. The molecule has 0 saturated carbocycles. The van der Waals surface area contributed by atoms with Crippen molar-refractivity contribution in [3.05, 3.63) is 193 Å². The summed E-state index contributed by atoms with van der Waals surface area (Å²) in [6.07, 6.45) is 0.805. The molecule has 9 aromatic rings. The molecule has 0 aliphatic carbocycles. The molecule has 0 atom stereocenters. The van der Waals surface area contributed by atoms with Gasteiger partial charge in [-0.05, 0) is 182 Å². The minimum atomic E-state index is -3.78. The van der Waals surface area contributed by atoms with Crippen molar-refractivity contribution in [2.45, 2.75) is 126 Å². The number of carbonyl (C=O) groups is 3. The van der Waals surface area contributed by atoms with Crippen molar-refractivity contribution in [2.75, 3.05) is 17.3 Å². The van der Waals surface area contributed by atoms with E-state index in [1.807, 2.05) is 46.8 Å². The number of sulfone groups is 3. The van der Waals surface area contributed by atoms with Gasteiger partial charge in [0.2, 0.25) is 0 Å². The number of fused-ring (bicyclic) bond motifs is 6. The molecular weight excluding hydrogens is 1210 g/mol. The summed E-state index contributed by atoms with van der Waals surface area (Å²) in [5, 5.41) is 29.6. The van der Waals surface area contributed by atoms with Crippen molar-refractivity contribution in [1.29, 1.82) is 0 Å². The van der Waals surface area contributed by atoms with Crippen LogP contribution in [-0.2, 0) is 101 Å². The SMILES string of the molecule is Cc1c(Cc2ccc3c(c2)C(C)(C)CS3(=O)=O)c2cc(F)ccc2n1CC(=O)O.Cc1cc2c(cc1Cc1c(C)n(CC(=O)O)c3ccc(F)cc13)C(F)(F)CCS2(=O)=O.Cc1cc2c(cc1Cc1c(C)n(CC(=O)O)c3ccc(F)cc13)CCS2(=O)=O. The van der Waals surface area contributed by atoms with Gasteiger partial charge in [0.05, 0.1) is 31.9 Å². The number of rotatable bonds is 12. The van der Waals surface area contributed by atoms with Crippen LogP contribution in [0.15, 0.2) is 112 Å². The highest BCUT2D eigenvalue weighted by molar-refractivity contribution is 7.92. The summed E-state index contributed by atoms with van der Waals surface area (Å²) in [7, 11) is -10.3. The minimum Gasteiger partial charge on any atom is -0.480 e. The molecular formula is C65H62F5N3O12S3. The lowest BCUT2D eigenvalue weighted by Gasteiger charge is -2.26. The smallest absolute Gasteiger partial charge is 0.323 e. The second-order valence-corrected chi connectivity index (χ2v) is 29.7. The maximum Gasteiger partial charge on any atom is 0.323 e. The molecule has 88 heavy (non-hydrogen) atoms. The second kappa shape index (κ2) is 22.8. The van der Waals surface area contributed by atoms with Crippen molar-refractivity contribution in [3.63, 3.8) is 0 Å².